The van der Waals surface area contributed by atoms with Gasteiger partial charge in [0.2, 0.25) is 5.91 Å². The zero-order valence-corrected chi connectivity index (χ0v) is 17.9. The highest BCUT2D eigenvalue weighted by Gasteiger charge is 2.27. The van der Waals surface area contributed by atoms with Crippen LogP contribution in [0.1, 0.15) is 46.5 Å². The number of ether oxygens (including phenoxy) is 1. The van der Waals surface area contributed by atoms with E-state index in [9.17, 15) is 9.59 Å². The fourth-order valence-electron chi connectivity index (χ4n) is 3.56. The number of anilines is 1. The summed E-state index contributed by atoms with van der Waals surface area (Å²) in [5.74, 6) is 0.897. The van der Waals surface area contributed by atoms with Gasteiger partial charge in [0.1, 0.15) is 11.4 Å². The van der Waals surface area contributed by atoms with Crippen LogP contribution in [-0.4, -0.2) is 29.1 Å². The van der Waals surface area contributed by atoms with Gasteiger partial charge in [0, 0.05) is 22.9 Å². The molecule has 6 nitrogen and oxygen atoms in total. The van der Waals surface area contributed by atoms with E-state index in [1.807, 2.05) is 39.0 Å². The van der Waals surface area contributed by atoms with Crippen molar-refractivity contribution < 1.29 is 14.3 Å². The van der Waals surface area contributed by atoms with Gasteiger partial charge in [-0.05, 0) is 82.7 Å². The average molecular weight is 418 g/mol. The molecule has 0 unspecified atom stereocenters. The molecule has 0 aliphatic heterocycles. The Morgan fingerprint density at radius 1 is 1.14 bits per heavy atom. The fraction of sp³-hybridized carbons (Fsp3) is 0.500. The van der Waals surface area contributed by atoms with Crippen molar-refractivity contribution in [1.29, 1.82) is 0 Å². The van der Waals surface area contributed by atoms with E-state index in [1.165, 1.54) is 0 Å². The number of nitrogens with zero attached hydrogens (tertiary/aromatic N) is 1. The number of hydrogen-bond acceptors (Lipinski definition) is 4. The van der Waals surface area contributed by atoms with Gasteiger partial charge in [-0.2, -0.15) is 0 Å². The summed E-state index contributed by atoms with van der Waals surface area (Å²) in [6.45, 7) is 6.11. The third-order valence-corrected chi connectivity index (χ3v) is 5.29. The third-order valence-electron chi connectivity index (χ3n) is 5.05. The highest BCUT2D eigenvalue weighted by atomic mass is 35.5. The number of nitrogens with one attached hydrogen (secondary N) is 2. The molecule has 1 saturated carbocycles. The Kier molecular flexibility index (Phi) is 6.63. The molecule has 3 rings (SSSR count). The van der Waals surface area contributed by atoms with Crippen molar-refractivity contribution >= 4 is 40.3 Å². The number of benzene rings is 1. The van der Waals surface area contributed by atoms with Crippen molar-refractivity contribution in [3.8, 4) is 0 Å². The molecule has 2 aromatic rings. The van der Waals surface area contributed by atoms with E-state index in [4.69, 9.17) is 16.3 Å². The smallest absolute Gasteiger partial charge is 0.407 e. The summed E-state index contributed by atoms with van der Waals surface area (Å²) >= 11 is 6.00. The summed E-state index contributed by atoms with van der Waals surface area (Å²) < 4.78 is 5.26. The summed E-state index contributed by atoms with van der Waals surface area (Å²) in [4.78, 5) is 28.9. The third kappa shape index (κ3) is 6.32. The van der Waals surface area contributed by atoms with Gasteiger partial charge in [-0.3, -0.25) is 4.79 Å². The van der Waals surface area contributed by atoms with Crippen LogP contribution in [0.3, 0.4) is 0 Å². The van der Waals surface area contributed by atoms with Crippen LogP contribution in [0.25, 0.3) is 10.9 Å². The Bertz CT molecular complexity index is 886. The lowest BCUT2D eigenvalue weighted by Gasteiger charge is -2.28. The highest BCUT2D eigenvalue weighted by molar-refractivity contribution is 6.31. The first-order chi connectivity index (χ1) is 13.7. The molecule has 1 aliphatic carbocycles. The first kappa shape index (κ1) is 21.4. The summed E-state index contributed by atoms with van der Waals surface area (Å²) in [5, 5.41) is 7.37. The van der Waals surface area contributed by atoms with Gasteiger partial charge >= 0.3 is 6.09 Å². The summed E-state index contributed by atoms with van der Waals surface area (Å²) in [6, 6.07) is 9.18. The minimum Gasteiger partial charge on any atom is -0.444 e. The van der Waals surface area contributed by atoms with E-state index in [0.29, 0.717) is 23.3 Å². The Morgan fingerprint density at radius 2 is 1.86 bits per heavy atom. The van der Waals surface area contributed by atoms with Crippen LogP contribution in [0.15, 0.2) is 30.3 Å². The van der Waals surface area contributed by atoms with Gasteiger partial charge in [0.15, 0.2) is 0 Å². The maximum absolute atomic E-state index is 12.6. The van der Waals surface area contributed by atoms with Crippen molar-refractivity contribution in [2.45, 2.75) is 52.1 Å². The molecular weight excluding hydrogens is 390 g/mol. The number of hydrogen-bond donors (Lipinski definition) is 2. The van der Waals surface area contributed by atoms with E-state index in [-0.39, 0.29) is 17.9 Å². The zero-order chi connectivity index (χ0) is 21.0. The van der Waals surface area contributed by atoms with Crippen molar-refractivity contribution in [2.24, 2.45) is 11.8 Å². The molecule has 0 radical (unpaired) electrons. The molecule has 0 bridgehead atoms. The van der Waals surface area contributed by atoms with Crippen LogP contribution in [0.5, 0.6) is 0 Å². The normalized spacial score (nSPS) is 19.6. The van der Waals surface area contributed by atoms with E-state index in [1.54, 1.807) is 12.1 Å². The molecule has 2 amide bonds. The summed E-state index contributed by atoms with van der Waals surface area (Å²) in [7, 11) is 0. The number of aromatic nitrogens is 1. The lowest BCUT2D eigenvalue weighted by Crippen LogP contribution is -2.37. The minimum absolute atomic E-state index is 0.00404. The van der Waals surface area contributed by atoms with Crippen LogP contribution in [0.4, 0.5) is 10.6 Å². The number of alkyl carbamates (subject to hydrolysis) is 1. The Balaban J connectivity index is 1.46. The standard InChI is InChI=1S/C22H28ClN3O3/c1-22(2,3)29-21(28)24-13-14-4-6-15(7-5-14)20(27)26-19-11-8-16-12-17(23)9-10-18(16)25-19/h8-12,14-15H,4-7,13H2,1-3H3,(H,24,28)(H,25,26,27)/t14-,15-. The van der Waals surface area contributed by atoms with Crippen molar-refractivity contribution in [3.63, 3.8) is 0 Å². The molecule has 29 heavy (non-hydrogen) atoms. The van der Waals surface area contributed by atoms with Crippen molar-refractivity contribution in [2.75, 3.05) is 11.9 Å². The number of carbonyl (C=O) groups excluding carboxylic acids is 2. The Hall–Kier alpha value is -2.34. The Morgan fingerprint density at radius 3 is 2.55 bits per heavy atom. The highest BCUT2D eigenvalue weighted by Crippen LogP contribution is 2.29. The number of amides is 2. The zero-order valence-electron chi connectivity index (χ0n) is 17.1. The molecule has 7 heteroatoms. The van der Waals surface area contributed by atoms with E-state index >= 15 is 0 Å². The number of fused-ring (bicyclic) bond motifs is 1. The first-order valence-corrected chi connectivity index (χ1v) is 10.4. The van der Waals surface area contributed by atoms with Crippen LogP contribution in [0.2, 0.25) is 5.02 Å². The quantitative estimate of drug-likeness (QED) is 0.720. The van der Waals surface area contributed by atoms with Crippen molar-refractivity contribution in [3.05, 3.63) is 35.4 Å². The van der Waals surface area contributed by atoms with E-state index in [2.05, 4.69) is 15.6 Å². The number of halogens is 1. The molecule has 2 N–H and O–H groups in total. The molecule has 1 aliphatic rings. The lowest BCUT2D eigenvalue weighted by atomic mass is 9.81. The van der Waals surface area contributed by atoms with Crippen LogP contribution in [0, 0.1) is 11.8 Å². The number of pyridine rings is 1. The van der Waals surface area contributed by atoms with Gasteiger partial charge in [0.25, 0.3) is 0 Å². The van der Waals surface area contributed by atoms with Gasteiger partial charge < -0.3 is 15.4 Å². The first-order valence-electron chi connectivity index (χ1n) is 10.0. The molecule has 1 fully saturated rings. The molecule has 1 heterocycles. The molecular formula is C22H28ClN3O3. The van der Waals surface area contributed by atoms with Crippen LogP contribution >= 0.6 is 11.6 Å². The molecule has 0 atom stereocenters. The molecule has 1 aromatic heterocycles. The molecule has 156 valence electrons. The van der Waals surface area contributed by atoms with Crippen LogP contribution in [-0.2, 0) is 9.53 Å². The van der Waals surface area contributed by atoms with Gasteiger partial charge in [-0.15, -0.1) is 0 Å². The fourth-order valence-corrected chi connectivity index (χ4v) is 3.75. The van der Waals surface area contributed by atoms with E-state index in [0.717, 1.165) is 36.6 Å². The maximum atomic E-state index is 12.6. The lowest BCUT2D eigenvalue weighted by molar-refractivity contribution is -0.121. The second-order valence-corrected chi connectivity index (χ2v) is 9.06. The SMILES string of the molecule is CC(C)(C)OC(=O)NC[C@H]1CC[C@H](C(=O)Nc2ccc3cc(Cl)ccc3n2)CC1. The minimum atomic E-state index is -0.497. The largest absolute Gasteiger partial charge is 0.444 e. The van der Waals surface area contributed by atoms with Gasteiger partial charge in [-0.25, -0.2) is 9.78 Å². The topological polar surface area (TPSA) is 80.3 Å². The predicted octanol–water partition coefficient (Wildman–Crippen LogP) is 5.16. The monoisotopic (exact) mass is 417 g/mol. The molecule has 1 aromatic carbocycles. The average Bonchev–Trinajstić information content (AvgIpc) is 2.65. The molecule has 0 saturated heterocycles. The predicted molar refractivity (Wildman–Crippen MR) is 115 cm³/mol. The van der Waals surface area contributed by atoms with Gasteiger partial charge in [0.05, 0.1) is 5.52 Å². The second kappa shape index (κ2) is 8.99. The summed E-state index contributed by atoms with van der Waals surface area (Å²) in [5.41, 5.74) is 0.298. The number of rotatable bonds is 4. The Labute approximate surface area is 176 Å². The number of carbonyl (C=O) groups is 2. The molecule has 0 spiro atoms. The van der Waals surface area contributed by atoms with E-state index < -0.39 is 5.60 Å². The van der Waals surface area contributed by atoms with Gasteiger partial charge in [-0.1, -0.05) is 11.6 Å². The van der Waals surface area contributed by atoms with Crippen molar-refractivity contribution in [1.82, 2.24) is 10.3 Å². The summed E-state index contributed by atoms with van der Waals surface area (Å²) in [6.07, 6.45) is 3.02. The maximum Gasteiger partial charge on any atom is 0.407 e. The van der Waals surface area contributed by atoms with Crippen LogP contribution < -0.4 is 10.6 Å². The second-order valence-electron chi connectivity index (χ2n) is 8.62.